The highest BCUT2D eigenvalue weighted by Gasteiger charge is 2.12. The predicted molar refractivity (Wildman–Crippen MR) is 67.7 cm³/mol. The number of aromatic nitrogens is 3. The highest BCUT2D eigenvalue weighted by Crippen LogP contribution is 2.19. The Balaban J connectivity index is 2.23. The van der Waals surface area contributed by atoms with Gasteiger partial charge in [-0.15, -0.1) is 0 Å². The van der Waals surface area contributed by atoms with E-state index in [4.69, 9.17) is 0 Å². The normalized spacial score (nSPS) is 12.6. The van der Waals surface area contributed by atoms with E-state index >= 15 is 0 Å². The summed E-state index contributed by atoms with van der Waals surface area (Å²) in [6.07, 6.45) is 3.31. The number of hydrogen-bond acceptors (Lipinski definition) is 3. The van der Waals surface area contributed by atoms with Crippen molar-refractivity contribution in [3.8, 4) is 0 Å². The van der Waals surface area contributed by atoms with Crippen LogP contribution in [0.4, 0.5) is 0 Å². The van der Waals surface area contributed by atoms with Crippen LogP contribution in [0.3, 0.4) is 0 Å². The Morgan fingerprint density at radius 3 is 2.76 bits per heavy atom. The molecule has 1 unspecified atom stereocenters. The molecular weight excluding hydrogens is 212 g/mol. The van der Waals surface area contributed by atoms with Crippen molar-refractivity contribution < 1.29 is 0 Å². The minimum absolute atomic E-state index is 0.261. The number of hydrogen-bond donors (Lipinski definition) is 1. The van der Waals surface area contributed by atoms with E-state index in [1.54, 1.807) is 12.7 Å². The van der Waals surface area contributed by atoms with E-state index in [9.17, 15) is 0 Å². The van der Waals surface area contributed by atoms with E-state index in [-0.39, 0.29) is 6.04 Å². The van der Waals surface area contributed by atoms with E-state index in [1.807, 2.05) is 11.7 Å². The molecule has 1 N–H and O–H groups in total. The zero-order valence-corrected chi connectivity index (χ0v) is 10.5. The molecule has 0 radical (unpaired) electrons. The molecule has 0 aliphatic heterocycles. The van der Waals surface area contributed by atoms with Crippen LogP contribution in [0.1, 0.15) is 22.7 Å². The van der Waals surface area contributed by atoms with Gasteiger partial charge in [0.1, 0.15) is 12.7 Å². The van der Waals surface area contributed by atoms with Crippen molar-refractivity contribution in [2.75, 3.05) is 7.05 Å². The van der Waals surface area contributed by atoms with Gasteiger partial charge in [-0.25, -0.2) is 4.98 Å². The topological polar surface area (TPSA) is 42.7 Å². The first kappa shape index (κ1) is 11.8. The molecule has 0 aliphatic rings. The molecule has 4 nitrogen and oxygen atoms in total. The summed E-state index contributed by atoms with van der Waals surface area (Å²) < 4.78 is 1.85. The fourth-order valence-electron chi connectivity index (χ4n) is 2.08. The lowest BCUT2D eigenvalue weighted by molar-refractivity contribution is 0.466. The van der Waals surface area contributed by atoms with Crippen LogP contribution in [0.15, 0.2) is 30.9 Å². The molecule has 0 saturated heterocycles. The third kappa shape index (κ3) is 2.71. The summed E-state index contributed by atoms with van der Waals surface area (Å²) in [5, 5.41) is 7.47. The number of aryl methyl sites for hydroxylation is 2. The van der Waals surface area contributed by atoms with Crippen LogP contribution in [0.25, 0.3) is 0 Å². The molecule has 2 aromatic rings. The summed E-state index contributed by atoms with van der Waals surface area (Å²) in [6, 6.07) is 6.80. The molecule has 90 valence electrons. The summed E-state index contributed by atoms with van der Waals surface area (Å²) >= 11 is 0. The molecule has 0 aliphatic carbocycles. The smallest absolute Gasteiger partial charge is 0.137 e. The molecule has 2 rings (SSSR count). The van der Waals surface area contributed by atoms with Crippen molar-refractivity contribution in [1.29, 1.82) is 0 Å². The van der Waals surface area contributed by atoms with Crippen LogP contribution in [0, 0.1) is 13.8 Å². The average molecular weight is 230 g/mol. The van der Waals surface area contributed by atoms with Crippen LogP contribution in [-0.2, 0) is 6.54 Å². The van der Waals surface area contributed by atoms with Crippen molar-refractivity contribution >= 4 is 0 Å². The Hall–Kier alpha value is -1.68. The first-order chi connectivity index (χ1) is 8.20. The first-order valence-electron chi connectivity index (χ1n) is 5.77. The average Bonchev–Trinajstić information content (AvgIpc) is 2.79. The molecule has 17 heavy (non-hydrogen) atoms. The summed E-state index contributed by atoms with van der Waals surface area (Å²) in [4.78, 5) is 3.96. The minimum atomic E-state index is 0.261. The van der Waals surface area contributed by atoms with E-state index in [0.29, 0.717) is 0 Å². The second-order valence-corrected chi connectivity index (χ2v) is 4.32. The third-order valence-corrected chi connectivity index (χ3v) is 2.99. The maximum atomic E-state index is 4.14. The van der Waals surface area contributed by atoms with Gasteiger partial charge in [0.05, 0.1) is 12.6 Å². The lowest BCUT2D eigenvalue weighted by Crippen LogP contribution is -2.23. The lowest BCUT2D eigenvalue weighted by Gasteiger charge is -2.19. The summed E-state index contributed by atoms with van der Waals surface area (Å²) in [6.45, 7) is 5.05. The Morgan fingerprint density at radius 2 is 2.18 bits per heavy atom. The van der Waals surface area contributed by atoms with Crippen LogP contribution >= 0.6 is 0 Å². The summed E-state index contributed by atoms with van der Waals surface area (Å²) in [7, 11) is 1.97. The van der Waals surface area contributed by atoms with Crippen molar-refractivity contribution in [3.63, 3.8) is 0 Å². The van der Waals surface area contributed by atoms with E-state index < -0.39 is 0 Å². The lowest BCUT2D eigenvalue weighted by atomic mass is 9.99. The number of nitrogens with zero attached hydrogens (tertiary/aromatic N) is 3. The van der Waals surface area contributed by atoms with Crippen molar-refractivity contribution in [1.82, 2.24) is 20.1 Å². The van der Waals surface area contributed by atoms with Crippen molar-refractivity contribution in [2.24, 2.45) is 0 Å². The molecule has 0 fully saturated rings. The molecule has 0 bridgehead atoms. The van der Waals surface area contributed by atoms with Gasteiger partial charge in [-0.05, 0) is 32.0 Å². The van der Waals surface area contributed by atoms with Gasteiger partial charge in [-0.1, -0.05) is 23.8 Å². The number of rotatable bonds is 4. The molecule has 0 spiro atoms. The molecule has 1 aromatic heterocycles. The number of nitrogens with one attached hydrogen (secondary N) is 1. The maximum absolute atomic E-state index is 4.14. The fraction of sp³-hybridized carbons (Fsp3) is 0.385. The van der Waals surface area contributed by atoms with Gasteiger partial charge in [-0.2, -0.15) is 5.10 Å². The highest BCUT2D eigenvalue weighted by molar-refractivity contribution is 5.32. The van der Waals surface area contributed by atoms with Gasteiger partial charge in [0.25, 0.3) is 0 Å². The maximum Gasteiger partial charge on any atom is 0.137 e. The van der Waals surface area contributed by atoms with E-state index in [1.165, 1.54) is 16.7 Å². The van der Waals surface area contributed by atoms with Gasteiger partial charge < -0.3 is 5.32 Å². The Kier molecular flexibility index (Phi) is 3.54. The Bertz CT molecular complexity index is 476. The number of benzene rings is 1. The molecule has 1 atom stereocenters. The molecule has 4 heteroatoms. The predicted octanol–water partition coefficient (Wildman–Crippen LogP) is 1.86. The summed E-state index contributed by atoms with van der Waals surface area (Å²) in [5.41, 5.74) is 3.92. The standard InChI is InChI=1S/C13H18N4/c1-10-4-5-12(11(2)6-10)13(14-3)7-17-9-15-8-16-17/h4-6,8-9,13-14H,7H2,1-3H3. The Morgan fingerprint density at radius 1 is 1.35 bits per heavy atom. The van der Waals surface area contributed by atoms with Gasteiger partial charge in [0, 0.05) is 0 Å². The quantitative estimate of drug-likeness (QED) is 0.871. The second kappa shape index (κ2) is 5.10. The zero-order valence-electron chi connectivity index (χ0n) is 10.5. The molecule has 1 heterocycles. The van der Waals surface area contributed by atoms with Gasteiger partial charge in [-0.3, -0.25) is 4.68 Å². The van der Waals surface area contributed by atoms with Crippen LogP contribution < -0.4 is 5.32 Å². The van der Waals surface area contributed by atoms with Crippen LogP contribution in [0.5, 0.6) is 0 Å². The fourth-order valence-corrected chi connectivity index (χ4v) is 2.08. The monoisotopic (exact) mass is 230 g/mol. The highest BCUT2D eigenvalue weighted by atomic mass is 15.3. The molecule has 0 amide bonds. The van der Waals surface area contributed by atoms with Crippen LogP contribution in [-0.4, -0.2) is 21.8 Å². The summed E-state index contributed by atoms with van der Waals surface area (Å²) in [5.74, 6) is 0. The van der Waals surface area contributed by atoms with E-state index in [0.717, 1.165) is 6.54 Å². The zero-order chi connectivity index (χ0) is 12.3. The second-order valence-electron chi connectivity index (χ2n) is 4.32. The van der Waals surface area contributed by atoms with Gasteiger partial charge in [0.15, 0.2) is 0 Å². The first-order valence-corrected chi connectivity index (χ1v) is 5.77. The minimum Gasteiger partial charge on any atom is -0.311 e. The Labute approximate surface area is 102 Å². The third-order valence-electron chi connectivity index (χ3n) is 2.99. The molecular formula is C13H18N4. The molecule has 0 saturated carbocycles. The van der Waals surface area contributed by atoms with E-state index in [2.05, 4.69) is 47.4 Å². The van der Waals surface area contributed by atoms with Crippen molar-refractivity contribution in [2.45, 2.75) is 26.4 Å². The van der Waals surface area contributed by atoms with Gasteiger partial charge >= 0.3 is 0 Å². The molecule has 1 aromatic carbocycles. The van der Waals surface area contributed by atoms with Crippen molar-refractivity contribution in [3.05, 3.63) is 47.5 Å². The number of likely N-dealkylation sites (N-methyl/N-ethyl adjacent to an activating group) is 1. The largest absolute Gasteiger partial charge is 0.311 e. The van der Waals surface area contributed by atoms with Gasteiger partial charge in [0.2, 0.25) is 0 Å². The SMILES string of the molecule is CNC(Cn1cncn1)c1ccc(C)cc1C. The van der Waals surface area contributed by atoms with Crippen LogP contribution in [0.2, 0.25) is 0 Å².